The number of benzene rings is 1. The molecule has 7 nitrogen and oxygen atoms in total. The zero-order valence-corrected chi connectivity index (χ0v) is 14.5. The fourth-order valence-electron chi connectivity index (χ4n) is 3.11. The number of hydrogen-bond donors (Lipinski definition) is 2. The number of urea groups is 1. The molecule has 3 rings (SSSR count). The third kappa shape index (κ3) is 4.78. The zero-order valence-electron chi connectivity index (χ0n) is 14.5. The van der Waals surface area contributed by atoms with Gasteiger partial charge >= 0.3 is 12.0 Å². The Hall–Kier alpha value is -2.96. The number of hydrogen-bond acceptors (Lipinski definition) is 4. The molecule has 1 aliphatic heterocycles. The smallest absolute Gasteiger partial charge is 0.317 e. The van der Waals surface area contributed by atoms with Crippen molar-refractivity contribution in [3.63, 3.8) is 0 Å². The Kier molecular flexibility index (Phi) is 5.78. The van der Waals surface area contributed by atoms with Gasteiger partial charge in [0.1, 0.15) is 6.33 Å². The highest BCUT2D eigenvalue weighted by molar-refractivity contribution is 5.75. The quantitative estimate of drug-likeness (QED) is 0.827. The van der Waals surface area contributed by atoms with Crippen LogP contribution in [0.1, 0.15) is 29.7 Å². The van der Waals surface area contributed by atoms with Gasteiger partial charge in [0.2, 0.25) is 0 Å². The van der Waals surface area contributed by atoms with E-state index in [1.165, 1.54) is 6.33 Å². The van der Waals surface area contributed by atoms with Crippen molar-refractivity contribution >= 4 is 12.0 Å². The summed E-state index contributed by atoms with van der Waals surface area (Å²) in [6, 6.07) is 9.36. The van der Waals surface area contributed by atoms with Crippen molar-refractivity contribution < 1.29 is 14.7 Å². The minimum Gasteiger partial charge on any atom is -0.481 e. The minimum atomic E-state index is -0.860. The Balaban J connectivity index is 1.63. The molecular formula is C19H22N4O3. The van der Waals surface area contributed by atoms with Gasteiger partial charge in [-0.3, -0.25) is 4.79 Å². The Morgan fingerprint density at radius 3 is 2.85 bits per heavy atom. The van der Waals surface area contributed by atoms with Crippen LogP contribution in [0.25, 0.3) is 0 Å². The highest BCUT2D eigenvalue weighted by atomic mass is 16.4. The van der Waals surface area contributed by atoms with E-state index in [0.717, 1.165) is 23.2 Å². The lowest BCUT2D eigenvalue weighted by molar-refractivity contribution is -0.137. The van der Waals surface area contributed by atoms with Crippen LogP contribution in [0.15, 0.2) is 42.9 Å². The van der Waals surface area contributed by atoms with Crippen molar-refractivity contribution in [1.29, 1.82) is 0 Å². The molecule has 1 aromatic carbocycles. The van der Waals surface area contributed by atoms with E-state index in [4.69, 9.17) is 5.11 Å². The first-order chi connectivity index (χ1) is 12.6. The van der Waals surface area contributed by atoms with E-state index in [-0.39, 0.29) is 18.5 Å². The lowest BCUT2D eigenvalue weighted by Gasteiger charge is -2.30. The van der Waals surface area contributed by atoms with E-state index in [9.17, 15) is 9.59 Å². The number of carboxylic acids is 1. The van der Waals surface area contributed by atoms with Gasteiger partial charge in [0, 0.05) is 25.2 Å². The summed E-state index contributed by atoms with van der Waals surface area (Å²) in [5, 5.41) is 12.0. The molecule has 0 bridgehead atoms. The molecule has 2 N–H and O–H groups in total. The van der Waals surface area contributed by atoms with E-state index in [0.29, 0.717) is 25.9 Å². The maximum Gasteiger partial charge on any atom is 0.317 e. The number of amides is 2. The molecule has 0 fully saturated rings. The van der Waals surface area contributed by atoms with E-state index in [1.54, 1.807) is 11.1 Å². The third-order valence-electron chi connectivity index (χ3n) is 4.52. The van der Waals surface area contributed by atoms with Crippen molar-refractivity contribution in [2.24, 2.45) is 0 Å². The summed E-state index contributed by atoms with van der Waals surface area (Å²) >= 11 is 0. The molecule has 2 heterocycles. The summed E-state index contributed by atoms with van der Waals surface area (Å²) in [4.78, 5) is 33.6. The molecule has 136 valence electrons. The maximum absolute atomic E-state index is 12.7. The van der Waals surface area contributed by atoms with Crippen molar-refractivity contribution in [3.8, 4) is 0 Å². The first-order valence-electron chi connectivity index (χ1n) is 8.70. The number of rotatable bonds is 6. The van der Waals surface area contributed by atoms with Crippen molar-refractivity contribution in [1.82, 2.24) is 20.2 Å². The SMILES string of the molecule is O=C(O)CCC(Cc1ccccc1)NC(=O)N1CCc2cncnc2C1. The third-order valence-corrected chi connectivity index (χ3v) is 4.52. The van der Waals surface area contributed by atoms with Crippen molar-refractivity contribution in [2.75, 3.05) is 6.54 Å². The number of fused-ring (bicyclic) bond motifs is 1. The van der Waals surface area contributed by atoms with Gasteiger partial charge in [-0.05, 0) is 30.4 Å². The molecule has 2 amide bonds. The molecule has 26 heavy (non-hydrogen) atoms. The molecule has 7 heteroatoms. The molecule has 1 unspecified atom stereocenters. The molecule has 1 aliphatic rings. The topological polar surface area (TPSA) is 95.4 Å². The van der Waals surface area contributed by atoms with Crippen LogP contribution in [0.2, 0.25) is 0 Å². The standard InChI is InChI=1S/C19H22N4O3/c24-18(25)7-6-16(10-14-4-2-1-3-5-14)22-19(26)23-9-8-15-11-20-13-21-17(15)12-23/h1-5,11,13,16H,6-10,12H2,(H,22,26)(H,24,25). The summed E-state index contributed by atoms with van der Waals surface area (Å²) in [7, 11) is 0. The predicted octanol–water partition coefficient (Wildman–Crippen LogP) is 2.02. The fourth-order valence-corrected chi connectivity index (χ4v) is 3.11. The largest absolute Gasteiger partial charge is 0.481 e. The van der Waals surface area contributed by atoms with E-state index in [1.807, 2.05) is 30.3 Å². The van der Waals surface area contributed by atoms with Crippen LogP contribution in [-0.4, -0.2) is 44.6 Å². The fraction of sp³-hybridized carbons (Fsp3) is 0.368. The van der Waals surface area contributed by atoms with Crippen LogP contribution in [0.3, 0.4) is 0 Å². The van der Waals surface area contributed by atoms with Crippen LogP contribution in [0.5, 0.6) is 0 Å². The van der Waals surface area contributed by atoms with Gasteiger partial charge in [0.05, 0.1) is 12.2 Å². The lowest BCUT2D eigenvalue weighted by Crippen LogP contribution is -2.47. The molecule has 1 atom stereocenters. The van der Waals surface area contributed by atoms with Crippen LogP contribution in [0.4, 0.5) is 4.79 Å². The normalized spacial score (nSPS) is 14.4. The Morgan fingerprint density at radius 1 is 1.27 bits per heavy atom. The van der Waals surface area contributed by atoms with E-state index >= 15 is 0 Å². The molecule has 0 aliphatic carbocycles. The van der Waals surface area contributed by atoms with Gasteiger partial charge in [-0.15, -0.1) is 0 Å². The molecule has 1 aromatic heterocycles. The van der Waals surface area contributed by atoms with Crippen LogP contribution in [0, 0.1) is 0 Å². The number of carboxylic acid groups (broad SMARTS) is 1. The molecule has 0 radical (unpaired) electrons. The van der Waals surface area contributed by atoms with E-state index in [2.05, 4.69) is 15.3 Å². The van der Waals surface area contributed by atoms with Gasteiger partial charge in [0.25, 0.3) is 0 Å². The van der Waals surface area contributed by atoms with Crippen LogP contribution >= 0.6 is 0 Å². The van der Waals surface area contributed by atoms with E-state index < -0.39 is 5.97 Å². The zero-order chi connectivity index (χ0) is 18.4. The van der Waals surface area contributed by atoms with Crippen LogP contribution < -0.4 is 5.32 Å². The number of nitrogens with zero attached hydrogens (tertiary/aromatic N) is 3. The molecule has 2 aromatic rings. The average Bonchev–Trinajstić information content (AvgIpc) is 2.66. The number of carbonyl (C=O) groups excluding carboxylic acids is 1. The highest BCUT2D eigenvalue weighted by Gasteiger charge is 2.24. The molecule has 0 spiro atoms. The predicted molar refractivity (Wildman–Crippen MR) is 95.5 cm³/mol. The van der Waals surface area contributed by atoms with Gasteiger partial charge in [-0.1, -0.05) is 30.3 Å². The number of nitrogens with one attached hydrogen (secondary N) is 1. The molecular weight excluding hydrogens is 332 g/mol. The van der Waals surface area contributed by atoms with Gasteiger partial charge < -0.3 is 15.3 Å². The number of aromatic nitrogens is 2. The van der Waals surface area contributed by atoms with Gasteiger partial charge in [-0.2, -0.15) is 0 Å². The highest BCUT2D eigenvalue weighted by Crippen LogP contribution is 2.16. The van der Waals surface area contributed by atoms with Crippen LogP contribution in [-0.2, 0) is 24.2 Å². The first-order valence-corrected chi connectivity index (χ1v) is 8.70. The van der Waals surface area contributed by atoms with Crippen molar-refractivity contribution in [3.05, 3.63) is 59.7 Å². The van der Waals surface area contributed by atoms with Gasteiger partial charge in [-0.25, -0.2) is 14.8 Å². The first kappa shape index (κ1) is 17.8. The number of carbonyl (C=O) groups is 2. The second-order valence-corrected chi connectivity index (χ2v) is 6.43. The summed E-state index contributed by atoms with van der Waals surface area (Å²) in [6.07, 6.45) is 5.03. The monoisotopic (exact) mass is 354 g/mol. The Bertz CT molecular complexity index is 766. The molecule has 0 saturated carbocycles. The average molecular weight is 354 g/mol. The van der Waals surface area contributed by atoms with Crippen molar-refractivity contribution in [2.45, 2.75) is 38.3 Å². The maximum atomic E-state index is 12.7. The minimum absolute atomic E-state index is 0.0217. The summed E-state index contributed by atoms with van der Waals surface area (Å²) in [6.45, 7) is 1.05. The summed E-state index contributed by atoms with van der Waals surface area (Å²) in [5.41, 5.74) is 3.01. The Labute approximate surface area is 152 Å². The lowest BCUT2D eigenvalue weighted by atomic mass is 10.0. The second kappa shape index (κ2) is 8.42. The summed E-state index contributed by atoms with van der Waals surface area (Å²) in [5.74, 6) is -0.860. The Morgan fingerprint density at radius 2 is 2.08 bits per heavy atom. The summed E-state index contributed by atoms with van der Waals surface area (Å²) < 4.78 is 0. The second-order valence-electron chi connectivity index (χ2n) is 6.43. The molecule has 0 saturated heterocycles. The number of aliphatic carboxylic acids is 1. The van der Waals surface area contributed by atoms with Gasteiger partial charge in [0.15, 0.2) is 0 Å².